The minimum atomic E-state index is 0.287. The number of methoxy groups -OCH3 is 1. The zero-order valence-electron chi connectivity index (χ0n) is 10.9. The summed E-state index contributed by atoms with van der Waals surface area (Å²) in [6, 6.07) is 10.4. The van der Waals surface area contributed by atoms with E-state index < -0.39 is 0 Å². The summed E-state index contributed by atoms with van der Waals surface area (Å²) in [5.41, 5.74) is 1.52. The molecule has 2 rings (SSSR count). The van der Waals surface area contributed by atoms with Gasteiger partial charge in [-0.15, -0.1) is 0 Å². The minimum absolute atomic E-state index is 0.287. The van der Waals surface area contributed by atoms with Crippen LogP contribution in [-0.4, -0.2) is 20.2 Å². The summed E-state index contributed by atoms with van der Waals surface area (Å²) in [6.07, 6.45) is 4.05. The molecule has 1 aliphatic rings. The summed E-state index contributed by atoms with van der Waals surface area (Å²) >= 11 is 0. The van der Waals surface area contributed by atoms with Crippen LogP contribution >= 0.6 is 0 Å². The maximum atomic E-state index is 8.75. The molecule has 1 aromatic rings. The normalized spacial score (nSPS) is 16.0. The second-order valence-corrected chi connectivity index (χ2v) is 5.07. The maximum Gasteiger partial charge on any atom is 0.122 e. The van der Waals surface area contributed by atoms with Gasteiger partial charge in [0.1, 0.15) is 5.75 Å². The van der Waals surface area contributed by atoms with E-state index >= 15 is 0 Å². The second kappa shape index (κ2) is 5.88. The molecule has 1 saturated carbocycles. The molecule has 0 aromatic heterocycles. The van der Waals surface area contributed by atoms with Gasteiger partial charge in [-0.2, -0.15) is 5.26 Å². The van der Waals surface area contributed by atoms with Crippen LogP contribution in [0.4, 0.5) is 0 Å². The minimum Gasteiger partial charge on any atom is -0.496 e. The molecule has 18 heavy (non-hydrogen) atoms. The Hall–Kier alpha value is -1.53. The van der Waals surface area contributed by atoms with Crippen molar-refractivity contribution in [1.82, 2.24) is 5.32 Å². The van der Waals surface area contributed by atoms with Gasteiger partial charge in [0.15, 0.2) is 0 Å². The molecular formula is C15H20N2O. The average molecular weight is 244 g/mol. The third-order valence-electron chi connectivity index (χ3n) is 3.67. The standard InChI is InChI=1S/C15H20N2O/c1-18-14-5-3-2-4-13(14)6-11-17-12-15(7-8-15)9-10-16/h2-5,17H,6-9,11-12H2,1H3. The number of hydrogen-bond donors (Lipinski definition) is 1. The lowest BCUT2D eigenvalue weighted by molar-refractivity contribution is 0.408. The van der Waals surface area contributed by atoms with Crippen LogP contribution in [-0.2, 0) is 6.42 Å². The van der Waals surface area contributed by atoms with E-state index in [2.05, 4.69) is 17.5 Å². The maximum absolute atomic E-state index is 8.75. The number of rotatable bonds is 7. The van der Waals surface area contributed by atoms with Gasteiger partial charge in [-0.3, -0.25) is 0 Å². The van der Waals surface area contributed by atoms with E-state index in [-0.39, 0.29) is 5.41 Å². The summed E-state index contributed by atoms with van der Waals surface area (Å²) in [4.78, 5) is 0. The number of nitriles is 1. The molecule has 0 amide bonds. The lowest BCUT2D eigenvalue weighted by Gasteiger charge is -2.13. The molecule has 0 atom stereocenters. The van der Waals surface area contributed by atoms with Crippen molar-refractivity contribution in [3.63, 3.8) is 0 Å². The summed E-state index contributed by atoms with van der Waals surface area (Å²) in [6.45, 7) is 1.91. The monoisotopic (exact) mass is 244 g/mol. The molecule has 1 fully saturated rings. The van der Waals surface area contributed by atoms with E-state index in [0.717, 1.165) is 25.3 Å². The Morgan fingerprint density at radius 1 is 1.39 bits per heavy atom. The quantitative estimate of drug-likeness (QED) is 0.750. The largest absolute Gasteiger partial charge is 0.496 e. The summed E-state index contributed by atoms with van der Waals surface area (Å²) in [5, 5.41) is 12.2. The third-order valence-corrected chi connectivity index (χ3v) is 3.67. The van der Waals surface area contributed by atoms with Gasteiger partial charge in [0.2, 0.25) is 0 Å². The van der Waals surface area contributed by atoms with E-state index in [9.17, 15) is 0 Å². The molecule has 0 bridgehead atoms. The van der Waals surface area contributed by atoms with Crippen LogP contribution in [0.5, 0.6) is 5.75 Å². The molecule has 0 saturated heterocycles. The molecule has 0 spiro atoms. The number of nitrogens with one attached hydrogen (secondary N) is 1. The zero-order chi connectivity index (χ0) is 12.8. The first-order chi connectivity index (χ1) is 8.79. The Morgan fingerprint density at radius 3 is 2.83 bits per heavy atom. The molecule has 0 heterocycles. The van der Waals surface area contributed by atoms with Crippen molar-refractivity contribution in [2.45, 2.75) is 25.7 Å². The Labute approximate surface area is 109 Å². The SMILES string of the molecule is COc1ccccc1CCNCC1(CC#N)CC1. The van der Waals surface area contributed by atoms with E-state index in [1.54, 1.807) is 7.11 Å². The number of benzene rings is 1. The Morgan fingerprint density at radius 2 is 2.17 bits per heavy atom. The van der Waals surface area contributed by atoms with Gasteiger partial charge in [-0.1, -0.05) is 18.2 Å². The molecule has 96 valence electrons. The highest BCUT2D eigenvalue weighted by Crippen LogP contribution is 2.47. The number of ether oxygens (including phenoxy) is 1. The van der Waals surface area contributed by atoms with Crippen molar-refractivity contribution in [1.29, 1.82) is 5.26 Å². The molecule has 1 aliphatic carbocycles. The van der Waals surface area contributed by atoms with Gasteiger partial charge in [-0.25, -0.2) is 0 Å². The fourth-order valence-corrected chi connectivity index (χ4v) is 2.25. The van der Waals surface area contributed by atoms with E-state index in [0.29, 0.717) is 6.42 Å². The molecular weight excluding hydrogens is 224 g/mol. The molecule has 1 N–H and O–H groups in total. The highest BCUT2D eigenvalue weighted by molar-refractivity contribution is 5.33. The molecule has 0 radical (unpaired) electrons. The zero-order valence-corrected chi connectivity index (χ0v) is 10.9. The van der Waals surface area contributed by atoms with Crippen LogP contribution in [0.3, 0.4) is 0 Å². The first-order valence-corrected chi connectivity index (χ1v) is 6.49. The smallest absolute Gasteiger partial charge is 0.122 e. The van der Waals surface area contributed by atoms with Crippen LogP contribution in [0, 0.1) is 16.7 Å². The highest BCUT2D eigenvalue weighted by Gasteiger charge is 2.41. The second-order valence-electron chi connectivity index (χ2n) is 5.07. The van der Waals surface area contributed by atoms with E-state index in [1.807, 2.05) is 18.2 Å². The molecule has 1 aromatic carbocycles. The lowest BCUT2D eigenvalue weighted by Crippen LogP contribution is -2.25. The average Bonchev–Trinajstić information content (AvgIpc) is 3.16. The van der Waals surface area contributed by atoms with Crippen molar-refractivity contribution in [2.75, 3.05) is 20.2 Å². The van der Waals surface area contributed by atoms with Crippen molar-refractivity contribution < 1.29 is 4.74 Å². The predicted molar refractivity (Wildman–Crippen MR) is 71.5 cm³/mol. The Kier molecular flexibility index (Phi) is 4.22. The molecule has 0 unspecified atom stereocenters. The van der Waals surface area contributed by atoms with Crippen molar-refractivity contribution >= 4 is 0 Å². The summed E-state index contributed by atoms with van der Waals surface area (Å²) in [7, 11) is 1.71. The van der Waals surface area contributed by atoms with E-state index in [4.69, 9.17) is 10.00 Å². The highest BCUT2D eigenvalue weighted by atomic mass is 16.5. The van der Waals surface area contributed by atoms with Gasteiger partial charge in [0, 0.05) is 13.0 Å². The first kappa shape index (κ1) is 12.9. The van der Waals surface area contributed by atoms with Crippen LogP contribution in [0.25, 0.3) is 0 Å². The molecule has 3 nitrogen and oxygen atoms in total. The van der Waals surface area contributed by atoms with Crippen LogP contribution in [0.1, 0.15) is 24.8 Å². The van der Waals surface area contributed by atoms with Gasteiger partial charge in [-0.05, 0) is 42.9 Å². The van der Waals surface area contributed by atoms with Crippen LogP contribution in [0.15, 0.2) is 24.3 Å². The van der Waals surface area contributed by atoms with Crippen LogP contribution < -0.4 is 10.1 Å². The Bertz CT molecular complexity index is 432. The van der Waals surface area contributed by atoms with Crippen molar-refractivity contribution in [2.24, 2.45) is 5.41 Å². The molecule has 0 aliphatic heterocycles. The van der Waals surface area contributed by atoms with Gasteiger partial charge < -0.3 is 10.1 Å². The van der Waals surface area contributed by atoms with Gasteiger partial charge >= 0.3 is 0 Å². The fraction of sp³-hybridized carbons (Fsp3) is 0.533. The number of nitrogens with zero attached hydrogens (tertiary/aromatic N) is 1. The van der Waals surface area contributed by atoms with Crippen molar-refractivity contribution in [3.8, 4) is 11.8 Å². The topological polar surface area (TPSA) is 45.0 Å². The number of hydrogen-bond acceptors (Lipinski definition) is 3. The van der Waals surface area contributed by atoms with Gasteiger partial charge in [0.25, 0.3) is 0 Å². The summed E-state index contributed by atoms with van der Waals surface area (Å²) in [5.74, 6) is 0.956. The number of para-hydroxylation sites is 1. The predicted octanol–water partition coefficient (Wildman–Crippen LogP) is 2.52. The molecule has 3 heteroatoms. The first-order valence-electron chi connectivity index (χ1n) is 6.49. The lowest BCUT2D eigenvalue weighted by atomic mass is 10.0. The summed E-state index contributed by atoms with van der Waals surface area (Å²) < 4.78 is 5.32. The Balaban J connectivity index is 1.74. The van der Waals surface area contributed by atoms with Crippen LogP contribution in [0.2, 0.25) is 0 Å². The van der Waals surface area contributed by atoms with Gasteiger partial charge in [0.05, 0.1) is 13.2 Å². The fourth-order valence-electron chi connectivity index (χ4n) is 2.25. The third kappa shape index (κ3) is 3.24. The van der Waals surface area contributed by atoms with E-state index in [1.165, 1.54) is 18.4 Å². The van der Waals surface area contributed by atoms with Crippen molar-refractivity contribution in [3.05, 3.63) is 29.8 Å².